The SMILES string of the molecule is O=C(N(c1ccnc(Cl)c1)c1ccc(Cl)cc1N1CCNCC1)C(F)(F)F. The van der Waals surface area contributed by atoms with E-state index in [0.717, 1.165) is 0 Å². The maximum absolute atomic E-state index is 13.3. The Morgan fingerprint density at radius 1 is 1.15 bits per heavy atom. The van der Waals surface area contributed by atoms with E-state index in [2.05, 4.69) is 10.3 Å². The van der Waals surface area contributed by atoms with Crippen LogP contribution in [0.15, 0.2) is 36.5 Å². The van der Waals surface area contributed by atoms with E-state index in [1.165, 1.54) is 30.5 Å². The van der Waals surface area contributed by atoms with Crippen LogP contribution in [0.5, 0.6) is 0 Å². The molecule has 1 fully saturated rings. The number of nitrogens with one attached hydrogen (secondary N) is 1. The van der Waals surface area contributed by atoms with Crippen molar-refractivity contribution in [1.29, 1.82) is 0 Å². The van der Waals surface area contributed by atoms with Gasteiger partial charge in [-0.2, -0.15) is 13.2 Å². The van der Waals surface area contributed by atoms with Crippen LogP contribution >= 0.6 is 23.2 Å². The van der Waals surface area contributed by atoms with Crippen LogP contribution in [0, 0.1) is 0 Å². The lowest BCUT2D eigenvalue weighted by atomic mass is 10.1. The molecule has 10 heteroatoms. The summed E-state index contributed by atoms with van der Waals surface area (Å²) in [6, 6.07) is 6.91. The topological polar surface area (TPSA) is 48.5 Å². The highest BCUT2D eigenvalue weighted by molar-refractivity contribution is 6.31. The van der Waals surface area contributed by atoms with E-state index in [9.17, 15) is 18.0 Å². The van der Waals surface area contributed by atoms with Crippen molar-refractivity contribution in [2.24, 2.45) is 0 Å². The van der Waals surface area contributed by atoms with Gasteiger partial charge in [0.15, 0.2) is 0 Å². The fourth-order valence-corrected chi connectivity index (χ4v) is 3.20. The number of hydrogen-bond acceptors (Lipinski definition) is 4. The number of anilines is 3. The van der Waals surface area contributed by atoms with Gasteiger partial charge in [-0.05, 0) is 30.3 Å². The minimum atomic E-state index is -5.07. The van der Waals surface area contributed by atoms with E-state index >= 15 is 0 Å². The molecule has 1 aromatic heterocycles. The average molecular weight is 419 g/mol. The number of pyridine rings is 1. The number of carbonyl (C=O) groups excluding carboxylic acids is 1. The number of amides is 1. The third kappa shape index (κ3) is 4.45. The smallest absolute Gasteiger partial charge is 0.367 e. The van der Waals surface area contributed by atoms with Crippen molar-refractivity contribution in [1.82, 2.24) is 10.3 Å². The summed E-state index contributed by atoms with van der Waals surface area (Å²) in [5, 5.41) is 3.51. The fourth-order valence-electron chi connectivity index (χ4n) is 2.87. The molecule has 0 atom stereocenters. The summed E-state index contributed by atoms with van der Waals surface area (Å²) in [7, 11) is 0. The van der Waals surface area contributed by atoms with Gasteiger partial charge >= 0.3 is 12.1 Å². The van der Waals surface area contributed by atoms with Crippen molar-refractivity contribution in [3.63, 3.8) is 0 Å². The zero-order valence-corrected chi connectivity index (χ0v) is 15.4. The number of alkyl halides is 3. The van der Waals surface area contributed by atoms with Crippen LogP contribution in [0.4, 0.5) is 30.2 Å². The Morgan fingerprint density at radius 3 is 2.48 bits per heavy atom. The Balaban J connectivity index is 2.16. The van der Waals surface area contributed by atoms with Crippen LogP contribution in [-0.2, 0) is 4.79 Å². The lowest BCUT2D eigenvalue weighted by Gasteiger charge is -2.34. The maximum Gasteiger partial charge on any atom is 0.472 e. The quantitative estimate of drug-likeness (QED) is 0.764. The third-order valence-electron chi connectivity index (χ3n) is 4.05. The molecule has 2 aromatic rings. The van der Waals surface area contributed by atoms with Gasteiger partial charge in [0.2, 0.25) is 0 Å². The van der Waals surface area contributed by atoms with E-state index in [0.29, 0.717) is 41.8 Å². The lowest BCUT2D eigenvalue weighted by molar-refractivity contribution is -0.169. The largest absolute Gasteiger partial charge is 0.472 e. The molecule has 0 radical (unpaired) electrons. The van der Waals surface area contributed by atoms with Crippen molar-refractivity contribution >= 4 is 46.2 Å². The van der Waals surface area contributed by atoms with Crippen molar-refractivity contribution in [3.05, 3.63) is 46.7 Å². The van der Waals surface area contributed by atoms with Gasteiger partial charge in [0, 0.05) is 37.4 Å². The second kappa shape index (κ2) is 7.92. The number of hydrogen-bond donors (Lipinski definition) is 1. The molecule has 3 rings (SSSR count). The minimum absolute atomic E-state index is 0.0230. The molecule has 27 heavy (non-hydrogen) atoms. The van der Waals surface area contributed by atoms with Crippen molar-refractivity contribution in [3.8, 4) is 0 Å². The first kappa shape index (κ1) is 19.7. The highest BCUT2D eigenvalue weighted by atomic mass is 35.5. The second-order valence-corrected chi connectivity index (χ2v) is 6.67. The predicted molar refractivity (Wildman–Crippen MR) is 99.0 cm³/mol. The van der Waals surface area contributed by atoms with Gasteiger partial charge in [0.05, 0.1) is 17.1 Å². The zero-order chi connectivity index (χ0) is 19.6. The molecule has 1 aliphatic rings. The molecule has 1 saturated heterocycles. The summed E-state index contributed by atoms with van der Waals surface area (Å²) in [5.74, 6) is -2.02. The number of rotatable bonds is 3. The molecule has 1 aromatic carbocycles. The van der Waals surface area contributed by atoms with Crippen LogP contribution in [0.3, 0.4) is 0 Å². The molecule has 0 spiro atoms. The average Bonchev–Trinajstić information content (AvgIpc) is 2.63. The molecular weight excluding hydrogens is 404 g/mol. The molecule has 0 saturated carbocycles. The van der Waals surface area contributed by atoms with Gasteiger partial charge in [0.1, 0.15) is 5.15 Å². The third-order valence-corrected chi connectivity index (χ3v) is 4.49. The Hall–Kier alpha value is -2.03. The molecule has 144 valence electrons. The summed E-state index contributed by atoms with van der Waals surface area (Å²) >= 11 is 11.9. The van der Waals surface area contributed by atoms with E-state index in [4.69, 9.17) is 23.2 Å². The molecule has 5 nitrogen and oxygen atoms in total. The highest BCUT2D eigenvalue weighted by Gasteiger charge is 2.44. The number of halogens is 5. The Bertz CT molecular complexity index is 841. The highest BCUT2D eigenvalue weighted by Crippen LogP contribution is 2.39. The fraction of sp³-hybridized carbons (Fsp3) is 0.294. The molecule has 0 bridgehead atoms. The molecule has 1 amide bonds. The first-order valence-electron chi connectivity index (χ1n) is 8.05. The summed E-state index contributed by atoms with van der Waals surface area (Å²) < 4.78 is 40.0. The molecule has 0 unspecified atom stereocenters. The molecule has 1 aliphatic heterocycles. The van der Waals surface area contributed by atoms with Gasteiger partial charge in [-0.25, -0.2) is 4.98 Å². The van der Waals surface area contributed by atoms with E-state index in [-0.39, 0.29) is 16.5 Å². The first-order chi connectivity index (χ1) is 12.8. The van der Waals surface area contributed by atoms with Gasteiger partial charge in [-0.3, -0.25) is 9.69 Å². The normalized spacial score (nSPS) is 14.9. The Labute approximate surface area is 163 Å². The minimum Gasteiger partial charge on any atom is -0.367 e. The van der Waals surface area contributed by atoms with E-state index in [1.54, 1.807) is 6.07 Å². The monoisotopic (exact) mass is 418 g/mol. The van der Waals surface area contributed by atoms with E-state index in [1.807, 2.05) is 4.90 Å². The lowest BCUT2D eigenvalue weighted by Crippen LogP contribution is -2.45. The molecule has 1 N–H and O–H groups in total. The number of aromatic nitrogens is 1. The van der Waals surface area contributed by atoms with Crippen molar-refractivity contribution in [2.75, 3.05) is 36.0 Å². The number of carbonyl (C=O) groups is 1. The molecule has 2 heterocycles. The Morgan fingerprint density at radius 2 is 1.85 bits per heavy atom. The van der Waals surface area contributed by atoms with Crippen LogP contribution in [0.2, 0.25) is 10.2 Å². The van der Waals surface area contributed by atoms with Crippen LogP contribution in [-0.4, -0.2) is 43.2 Å². The number of nitrogens with zero attached hydrogens (tertiary/aromatic N) is 3. The zero-order valence-electron chi connectivity index (χ0n) is 13.9. The van der Waals surface area contributed by atoms with E-state index < -0.39 is 12.1 Å². The summed E-state index contributed by atoms with van der Waals surface area (Å²) in [6.07, 6.45) is -3.83. The van der Waals surface area contributed by atoms with Crippen molar-refractivity contribution in [2.45, 2.75) is 6.18 Å². The maximum atomic E-state index is 13.3. The molecular formula is C17H15Cl2F3N4O. The van der Waals surface area contributed by atoms with Crippen LogP contribution in [0.1, 0.15) is 0 Å². The standard InChI is InChI=1S/C17H15Cl2F3N4O/c18-11-1-2-13(14(9-11)25-7-5-23-6-8-25)26(16(27)17(20,21)22)12-3-4-24-15(19)10-12/h1-4,9-10,23H,5-8H2. The van der Waals surface area contributed by atoms with Crippen LogP contribution in [0.25, 0.3) is 0 Å². The van der Waals surface area contributed by atoms with Gasteiger partial charge in [-0.1, -0.05) is 23.2 Å². The Kier molecular flexibility index (Phi) is 5.78. The van der Waals surface area contributed by atoms with Crippen molar-refractivity contribution < 1.29 is 18.0 Å². The summed E-state index contributed by atoms with van der Waals surface area (Å²) in [4.78, 5) is 18.5. The number of benzene rings is 1. The number of piperazine rings is 1. The molecule has 0 aliphatic carbocycles. The summed E-state index contributed by atoms with van der Waals surface area (Å²) in [6.45, 7) is 2.47. The second-order valence-electron chi connectivity index (χ2n) is 5.85. The first-order valence-corrected chi connectivity index (χ1v) is 8.81. The van der Waals surface area contributed by atoms with Gasteiger partial charge in [-0.15, -0.1) is 0 Å². The summed E-state index contributed by atoms with van der Waals surface area (Å²) in [5.41, 5.74) is 0.483. The van der Waals surface area contributed by atoms with Gasteiger partial charge < -0.3 is 10.2 Å². The van der Waals surface area contributed by atoms with Gasteiger partial charge in [0.25, 0.3) is 0 Å². The predicted octanol–water partition coefficient (Wildman–Crippen LogP) is 4.03. The van der Waals surface area contributed by atoms with Crippen LogP contribution < -0.4 is 15.1 Å².